The fourth-order valence-electron chi connectivity index (χ4n) is 1.41. The van der Waals surface area contributed by atoms with Gasteiger partial charge in [0, 0.05) is 19.3 Å². The lowest BCUT2D eigenvalue weighted by Crippen LogP contribution is -2.36. The molecule has 0 aromatic carbocycles. The van der Waals surface area contributed by atoms with Gasteiger partial charge in [0.25, 0.3) is 5.91 Å². The number of halogens is 1. The van der Waals surface area contributed by atoms with Crippen molar-refractivity contribution in [1.82, 2.24) is 15.6 Å². The molecule has 0 saturated heterocycles. The molecule has 0 atom stereocenters. The number of carbonyl (C=O) groups excluding carboxylic acids is 2. The number of hydrogen-bond donors (Lipinski definition) is 3. The Hall–Kier alpha value is -1.82. The van der Waals surface area contributed by atoms with Crippen molar-refractivity contribution in [1.29, 1.82) is 0 Å². The molecular weight excluding hydrogens is 268 g/mol. The van der Waals surface area contributed by atoms with Gasteiger partial charge in [0.05, 0.1) is 17.1 Å². The molecule has 0 spiro atoms. The Kier molecular flexibility index (Phi) is 6.08. The molecule has 104 valence electrons. The van der Waals surface area contributed by atoms with Gasteiger partial charge in [-0.15, -0.1) is 0 Å². The van der Waals surface area contributed by atoms with Crippen LogP contribution in [0.15, 0.2) is 12.3 Å². The molecule has 0 bridgehead atoms. The van der Waals surface area contributed by atoms with E-state index in [0.29, 0.717) is 18.9 Å². The largest absolute Gasteiger partial charge is 0.370 e. The van der Waals surface area contributed by atoms with Crippen LogP contribution in [0.25, 0.3) is 0 Å². The smallest absolute Gasteiger partial charge is 0.253 e. The van der Waals surface area contributed by atoms with Gasteiger partial charge in [0.1, 0.15) is 5.82 Å². The Balaban J connectivity index is 2.70. The lowest BCUT2D eigenvalue weighted by atomic mass is 10.2. The summed E-state index contributed by atoms with van der Waals surface area (Å²) in [5, 5.41) is 8.32. The molecule has 0 unspecified atom stereocenters. The van der Waals surface area contributed by atoms with Crippen LogP contribution in [0.1, 0.15) is 24.2 Å². The zero-order valence-corrected chi connectivity index (χ0v) is 11.7. The molecule has 7 heteroatoms. The summed E-state index contributed by atoms with van der Waals surface area (Å²) < 4.78 is 0. The number of pyridine rings is 1. The maximum Gasteiger partial charge on any atom is 0.253 e. The van der Waals surface area contributed by atoms with Gasteiger partial charge in [0.15, 0.2) is 0 Å². The average molecular weight is 285 g/mol. The molecule has 2 amide bonds. The summed E-state index contributed by atoms with van der Waals surface area (Å²) in [5.41, 5.74) is 0.289. The number of carbonyl (C=O) groups is 2. The molecule has 1 rings (SSSR count). The predicted molar refractivity (Wildman–Crippen MR) is 74.4 cm³/mol. The third-order valence-corrected chi connectivity index (χ3v) is 2.54. The molecule has 3 N–H and O–H groups in total. The molecule has 0 fully saturated rings. The molecule has 0 radical (unpaired) electrons. The number of nitrogens with one attached hydrogen (secondary N) is 3. The van der Waals surface area contributed by atoms with E-state index in [1.807, 2.05) is 13.8 Å². The van der Waals surface area contributed by atoms with Crippen molar-refractivity contribution >= 4 is 29.2 Å². The van der Waals surface area contributed by atoms with E-state index in [9.17, 15) is 9.59 Å². The molecule has 1 heterocycles. The van der Waals surface area contributed by atoms with Crippen molar-refractivity contribution in [3.63, 3.8) is 0 Å². The summed E-state index contributed by atoms with van der Waals surface area (Å²) in [7, 11) is 0. The van der Waals surface area contributed by atoms with Gasteiger partial charge >= 0.3 is 0 Å². The number of amides is 2. The van der Waals surface area contributed by atoms with Crippen LogP contribution in [0.3, 0.4) is 0 Å². The molecule has 1 aromatic heterocycles. The van der Waals surface area contributed by atoms with E-state index < -0.39 is 5.91 Å². The van der Waals surface area contributed by atoms with Gasteiger partial charge in [-0.3, -0.25) is 9.59 Å². The van der Waals surface area contributed by atoms with E-state index in [2.05, 4.69) is 20.9 Å². The van der Waals surface area contributed by atoms with E-state index in [-0.39, 0.29) is 23.0 Å². The summed E-state index contributed by atoms with van der Waals surface area (Å²) in [4.78, 5) is 27.2. The van der Waals surface area contributed by atoms with Gasteiger partial charge in [-0.2, -0.15) is 0 Å². The third kappa shape index (κ3) is 4.75. The molecule has 1 aromatic rings. The van der Waals surface area contributed by atoms with Gasteiger partial charge in [0.2, 0.25) is 5.91 Å². The van der Waals surface area contributed by atoms with E-state index in [1.165, 1.54) is 6.20 Å². The monoisotopic (exact) mass is 284 g/mol. The Morgan fingerprint density at radius 1 is 1.26 bits per heavy atom. The molecule has 19 heavy (non-hydrogen) atoms. The number of aromatic nitrogens is 1. The minimum Gasteiger partial charge on any atom is -0.370 e. The van der Waals surface area contributed by atoms with Crippen LogP contribution in [0.5, 0.6) is 0 Å². The second-order valence-corrected chi connectivity index (χ2v) is 4.12. The highest BCUT2D eigenvalue weighted by molar-refractivity contribution is 6.33. The number of hydrogen-bond acceptors (Lipinski definition) is 4. The first-order valence-electron chi connectivity index (χ1n) is 6.02. The molecular formula is C12H17ClN4O2. The topological polar surface area (TPSA) is 83.1 Å². The van der Waals surface area contributed by atoms with Crippen molar-refractivity contribution in [3.8, 4) is 0 Å². The first-order valence-corrected chi connectivity index (χ1v) is 6.40. The zero-order chi connectivity index (χ0) is 14.3. The second kappa shape index (κ2) is 7.58. The van der Waals surface area contributed by atoms with E-state index >= 15 is 0 Å². The van der Waals surface area contributed by atoms with Crippen LogP contribution in [-0.2, 0) is 4.79 Å². The maximum absolute atomic E-state index is 11.9. The Morgan fingerprint density at radius 2 is 2.00 bits per heavy atom. The quantitative estimate of drug-likeness (QED) is 0.729. The van der Waals surface area contributed by atoms with Crippen molar-refractivity contribution < 1.29 is 9.59 Å². The van der Waals surface area contributed by atoms with Gasteiger partial charge in [-0.05, 0) is 19.9 Å². The SMILES string of the molecule is CCNC(=O)CNC(=O)c1cc(NCC)ncc1Cl. The second-order valence-electron chi connectivity index (χ2n) is 3.72. The minimum atomic E-state index is -0.405. The highest BCUT2D eigenvalue weighted by Crippen LogP contribution is 2.17. The normalized spacial score (nSPS) is 9.84. The molecule has 0 aliphatic rings. The van der Waals surface area contributed by atoms with E-state index in [4.69, 9.17) is 11.6 Å². The van der Waals surface area contributed by atoms with Crippen LogP contribution < -0.4 is 16.0 Å². The average Bonchev–Trinajstić information content (AvgIpc) is 2.39. The number of rotatable bonds is 6. The highest BCUT2D eigenvalue weighted by atomic mass is 35.5. The van der Waals surface area contributed by atoms with Crippen LogP contribution in [0.2, 0.25) is 5.02 Å². The first-order chi connectivity index (χ1) is 9.08. The first kappa shape index (κ1) is 15.2. The van der Waals surface area contributed by atoms with Crippen LogP contribution >= 0.6 is 11.6 Å². The number of nitrogens with zero attached hydrogens (tertiary/aromatic N) is 1. The predicted octanol–water partition coefficient (Wildman–Crippen LogP) is 1.03. The van der Waals surface area contributed by atoms with Crippen LogP contribution in [0.4, 0.5) is 5.82 Å². The lowest BCUT2D eigenvalue weighted by molar-refractivity contribution is -0.120. The Bertz CT molecular complexity index is 465. The van der Waals surface area contributed by atoms with Crippen LogP contribution in [0, 0.1) is 0 Å². The molecule has 6 nitrogen and oxygen atoms in total. The van der Waals surface area contributed by atoms with Crippen molar-refractivity contribution in [2.24, 2.45) is 0 Å². The summed E-state index contributed by atoms with van der Waals surface area (Å²) in [6.45, 7) is 4.86. The Morgan fingerprint density at radius 3 is 2.63 bits per heavy atom. The van der Waals surface area contributed by atoms with Crippen molar-refractivity contribution in [2.45, 2.75) is 13.8 Å². The highest BCUT2D eigenvalue weighted by Gasteiger charge is 2.12. The maximum atomic E-state index is 11.9. The third-order valence-electron chi connectivity index (χ3n) is 2.24. The zero-order valence-electron chi connectivity index (χ0n) is 10.9. The fraction of sp³-hybridized carbons (Fsp3) is 0.417. The van der Waals surface area contributed by atoms with Gasteiger partial charge in [-0.25, -0.2) is 4.98 Å². The summed E-state index contributed by atoms with van der Waals surface area (Å²) in [5.74, 6) is -0.0826. The van der Waals surface area contributed by atoms with Gasteiger partial charge in [-0.1, -0.05) is 11.6 Å². The van der Waals surface area contributed by atoms with Crippen LogP contribution in [-0.4, -0.2) is 36.4 Å². The lowest BCUT2D eigenvalue weighted by Gasteiger charge is -2.08. The Labute approximate surface area is 116 Å². The number of anilines is 1. The standard InChI is InChI=1S/C12H17ClN4O2/c1-3-14-10-5-8(9(13)6-16-10)12(19)17-7-11(18)15-4-2/h5-6H,3-4,7H2,1-2H3,(H,14,16)(H,15,18)(H,17,19). The summed E-state index contributed by atoms with van der Waals surface area (Å²) >= 11 is 5.92. The van der Waals surface area contributed by atoms with Crippen molar-refractivity contribution in [2.75, 3.05) is 25.0 Å². The number of likely N-dealkylation sites (N-methyl/N-ethyl adjacent to an activating group) is 1. The molecule has 0 saturated carbocycles. The fourth-order valence-corrected chi connectivity index (χ4v) is 1.60. The molecule has 0 aliphatic carbocycles. The van der Waals surface area contributed by atoms with E-state index in [1.54, 1.807) is 6.07 Å². The summed E-state index contributed by atoms with van der Waals surface area (Å²) in [6, 6.07) is 1.55. The summed E-state index contributed by atoms with van der Waals surface area (Å²) in [6.07, 6.45) is 1.40. The molecule has 0 aliphatic heterocycles. The van der Waals surface area contributed by atoms with E-state index in [0.717, 1.165) is 0 Å². The van der Waals surface area contributed by atoms with Crippen molar-refractivity contribution in [3.05, 3.63) is 22.8 Å². The van der Waals surface area contributed by atoms with Gasteiger partial charge < -0.3 is 16.0 Å². The minimum absolute atomic E-state index is 0.0815.